The molecule has 0 unspecified atom stereocenters. The van der Waals surface area contributed by atoms with Gasteiger partial charge in [0.2, 0.25) is 5.91 Å². The van der Waals surface area contributed by atoms with Gasteiger partial charge in [-0.2, -0.15) is 0 Å². The number of aromatic nitrogens is 1. The second-order valence-corrected chi connectivity index (χ2v) is 3.63. The molecule has 1 saturated heterocycles. The average Bonchev–Trinajstić information content (AvgIpc) is 2.45. The van der Waals surface area contributed by atoms with E-state index in [0.29, 0.717) is 0 Å². The van der Waals surface area contributed by atoms with E-state index in [4.69, 9.17) is 11.6 Å². The summed E-state index contributed by atoms with van der Waals surface area (Å²) in [7, 11) is 0. The zero-order valence-electron chi connectivity index (χ0n) is 7.61. The minimum Gasteiger partial charge on any atom is -0.504 e. The van der Waals surface area contributed by atoms with Gasteiger partial charge in [-0.1, -0.05) is 11.6 Å². The van der Waals surface area contributed by atoms with Crippen LogP contribution in [-0.4, -0.2) is 28.3 Å². The fourth-order valence-corrected chi connectivity index (χ4v) is 1.56. The molecule has 1 N–H and O–H groups in total. The summed E-state index contributed by atoms with van der Waals surface area (Å²) >= 11 is 5.60. The Balaban J connectivity index is 2.38. The highest BCUT2D eigenvalue weighted by molar-refractivity contribution is 6.30. The van der Waals surface area contributed by atoms with Crippen LogP contribution < -0.4 is 4.90 Å². The topological polar surface area (TPSA) is 70.5 Å². The molecule has 0 atom stereocenters. The van der Waals surface area contributed by atoms with Crippen LogP contribution in [0.5, 0.6) is 5.75 Å². The summed E-state index contributed by atoms with van der Waals surface area (Å²) in [4.78, 5) is 27.3. The van der Waals surface area contributed by atoms with Crippen LogP contribution >= 0.6 is 11.6 Å². The van der Waals surface area contributed by atoms with Crippen LogP contribution in [0.1, 0.15) is 6.42 Å². The fourth-order valence-electron chi connectivity index (χ4n) is 1.41. The lowest BCUT2D eigenvalue weighted by Crippen LogP contribution is -2.25. The standard InChI is InChI=1S/C9H7ClN2O3/c10-5-1-7(14)9(11-3-5)12-4-6(13)2-8(12)15/h1,3,14H,2,4H2. The number of hydrogen-bond donors (Lipinski definition) is 1. The minimum absolute atomic E-state index is 0.0406. The molecule has 1 fully saturated rings. The molecule has 1 aliphatic heterocycles. The number of nitrogens with zero attached hydrogens (tertiary/aromatic N) is 2. The monoisotopic (exact) mass is 226 g/mol. The first-order valence-corrected chi connectivity index (χ1v) is 4.62. The summed E-state index contributed by atoms with van der Waals surface area (Å²) in [6.07, 6.45) is 1.18. The third kappa shape index (κ3) is 1.78. The molecule has 2 heterocycles. The van der Waals surface area contributed by atoms with Crippen molar-refractivity contribution in [2.75, 3.05) is 11.4 Å². The highest BCUT2D eigenvalue weighted by Crippen LogP contribution is 2.29. The van der Waals surface area contributed by atoms with Crippen LogP contribution in [0.25, 0.3) is 0 Å². The number of Topliss-reactive ketones (excluding diaryl/α,β-unsaturated/α-hetero) is 1. The Morgan fingerprint density at radius 1 is 1.47 bits per heavy atom. The minimum atomic E-state index is -0.356. The van der Waals surface area contributed by atoms with Crippen molar-refractivity contribution in [3.8, 4) is 5.75 Å². The van der Waals surface area contributed by atoms with Crippen LogP contribution in [0.2, 0.25) is 5.02 Å². The number of amides is 1. The highest BCUT2D eigenvalue weighted by atomic mass is 35.5. The van der Waals surface area contributed by atoms with Gasteiger partial charge in [-0.25, -0.2) is 4.98 Å². The van der Waals surface area contributed by atoms with E-state index < -0.39 is 0 Å². The van der Waals surface area contributed by atoms with E-state index in [1.165, 1.54) is 12.3 Å². The maximum atomic E-state index is 11.3. The number of ketones is 1. The number of rotatable bonds is 1. The Morgan fingerprint density at radius 3 is 2.73 bits per heavy atom. The van der Waals surface area contributed by atoms with E-state index in [-0.39, 0.29) is 41.2 Å². The van der Waals surface area contributed by atoms with Gasteiger partial charge in [0.15, 0.2) is 17.4 Å². The molecule has 15 heavy (non-hydrogen) atoms. The van der Waals surface area contributed by atoms with Crippen LogP contribution in [0.3, 0.4) is 0 Å². The molecule has 1 amide bonds. The van der Waals surface area contributed by atoms with E-state index in [1.54, 1.807) is 0 Å². The van der Waals surface area contributed by atoms with E-state index in [9.17, 15) is 14.7 Å². The molecule has 0 aliphatic carbocycles. The molecule has 0 saturated carbocycles. The van der Waals surface area contributed by atoms with Crippen LogP contribution in [-0.2, 0) is 9.59 Å². The summed E-state index contributed by atoms with van der Waals surface area (Å²) in [5.41, 5.74) is 0. The van der Waals surface area contributed by atoms with Crippen LogP contribution in [0.15, 0.2) is 12.3 Å². The molecule has 0 spiro atoms. The predicted octanol–water partition coefficient (Wildman–Crippen LogP) is 0.746. The SMILES string of the molecule is O=C1CC(=O)N(c2ncc(Cl)cc2O)C1. The largest absolute Gasteiger partial charge is 0.504 e. The number of halogens is 1. The third-order valence-corrected chi connectivity index (χ3v) is 2.26. The number of aromatic hydroxyl groups is 1. The number of hydrogen-bond acceptors (Lipinski definition) is 4. The molecular formula is C9H7ClN2O3. The molecule has 0 aromatic carbocycles. The molecule has 6 heteroatoms. The Morgan fingerprint density at radius 2 is 2.20 bits per heavy atom. The van der Waals surface area contributed by atoms with Crippen LogP contribution in [0, 0.1) is 0 Å². The predicted molar refractivity (Wildman–Crippen MR) is 52.9 cm³/mol. The van der Waals surface area contributed by atoms with Crippen molar-refractivity contribution in [1.29, 1.82) is 0 Å². The zero-order chi connectivity index (χ0) is 11.0. The Bertz CT molecular complexity index is 447. The number of carbonyl (C=O) groups is 2. The lowest BCUT2D eigenvalue weighted by molar-refractivity contribution is -0.121. The average molecular weight is 227 g/mol. The third-order valence-electron chi connectivity index (χ3n) is 2.05. The first kappa shape index (κ1) is 9.92. The highest BCUT2D eigenvalue weighted by Gasteiger charge is 2.31. The molecule has 1 aromatic heterocycles. The van der Waals surface area contributed by atoms with Gasteiger partial charge in [0.05, 0.1) is 18.0 Å². The van der Waals surface area contributed by atoms with E-state index in [1.807, 2.05) is 0 Å². The lowest BCUT2D eigenvalue weighted by atomic mass is 10.3. The smallest absolute Gasteiger partial charge is 0.236 e. The van der Waals surface area contributed by atoms with Gasteiger partial charge in [0.1, 0.15) is 0 Å². The first-order chi connectivity index (χ1) is 7.08. The van der Waals surface area contributed by atoms with Gasteiger partial charge in [-0.05, 0) is 0 Å². The summed E-state index contributed by atoms with van der Waals surface area (Å²) in [5.74, 6) is -0.665. The Labute approximate surface area is 90.3 Å². The quantitative estimate of drug-likeness (QED) is 0.718. The Hall–Kier alpha value is -1.62. The molecule has 0 bridgehead atoms. The molecule has 0 radical (unpaired) electrons. The maximum Gasteiger partial charge on any atom is 0.236 e. The van der Waals surface area contributed by atoms with Gasteiger partial charge in [-0.3, -0.25) is 14.5 Å². The molecule has 2 rings (SSSR count). The summed E-state index contributed by atoms with van der Waals surface area (Å²) < 4.78 is 0. The summed E-state index contributed by atoms with van der Waals surface area (Å²) in [6, 6.07) is 1.28. The van der Waals surface area contributed by atoms with Crippen molar-refractivity contribution >= 4 is 29.1 Å². The van der Waals surface area contributed by atoms with Crippen molar-refractivity contribution in [3.63, 3.8) is 0 Å². The summed E-state index contributed by atoms with van der Waals surface area (Å²) in [5, 5.41) is 9.78. The van der Waals surface area contributed by atoms with E-state index >= 15 is 0 Å². The van der Waals surface area contributed by atoms with Crippen molar-refractivity contribution in [1.82, 2.24) is 4.98 Å². The second kappa shape index (κ2) is 3.51. The van der Waals surface area contributed by atoms with Crippen LogP contribution in [0.4, 0.5) is 5.82 Å². The van der Waals surface area contributed by atoms with Gasteiger partial charge in [0, 0.05) is 12.3 Å². The van der Waals surface area contributed by atoms with Crippen molar-refractivity contribution in [3.05, 3.63) is 17.3 Å². The maximum absolute atomic E-state index is 11.3. The zero-order valence-corrected chi connectivity index (χ0v) is 8.36. The van der Waals surface area contributed by atoms with E-state index in [2.05, 4.69) is 4.98 Å². The molecule has 1 aromatic rings. The molecular weight excluding hydrogens is 220 g/mol. The van der Waals surface area contributed by atoms with Crippen molar-refractivity contribution in [2.24, 2.45) is 0 Å². The first-order valence-electron chi connectivity index (χ1n) is 4.24. The lowest BCUT2D eigenvalue weighted by Gasteiger charge is -2.14. The molecule has 5 nitrogen and oxygen atoms in total. The molecule has 78 valence electrons. The van der Waals surface area contributed by atoms with Crippen molar-refractivity contribution < 1.29 is 14.7 Å². The molecule has 1 aliphatic rings. The van der Waals surface area contributed by atoms with E-state index in [0.717, 1.165) is 4.90 Å². The van der Waals surface area contributed by atoms with Gasteiger partial charge in [-0.15, -0.1) is 0 Å². The van der Waals surface area contributed by atoms with Gasteiger partial charge < -0.3 is 5.11 Å². The number of pyridine rings is 1. The van der Waals surface area contributed by atoms with Gasteiger partial charge in [0.25, 0.3) is 0 Å². The van der Waals surface area contributed by atoms with Crippen molar-refractivity contribution in [2.45, 2.75) is 6.42 Å². The Kier molecular flexibility index (Phi) is 2.32. The fraction of sp³-hybridized carbons (Fsp3) is 0.222. The number of carbonyl (C=O) groups excluding carboxylic acids is 2. The number of anilines is 1. The van der Waals surface area contributed by atoms with Gasteiger partial charge >= 0.3 is 0 Å². The normalized spacial score (nSPS) is 16.2. The second-order valence-electron chi connectivity index (χ2n) is 3.19. The summed E-state index contributed by atoms with van der Waals surface area (Å²) in [6.45, 7) is -0.0406.